The zero-order valence-corrected chi connectivity index (χ0v) is 18.1. The van der Waals surface area contributed by atoms with Crippen LogP contribution in [0.15, 0.2) is 36.4 Å². The van der Waals surface area contributed by atoms with E-state index in [2.05, 4.69) is 20.7 Å². The molecular weight excluding hydrogens is 467 g/mol. The molecule has 1 aliphatic heterocycles. The van der Waals surface area contributed by atoms with Gasteiger partial charge in [0.15, 0.2) is 17.0 Å². The van der Waals surface area contributed by atoms with Gasteiger partial charge in [-0.05, 0) is 49.5 Å². The summed E-state index contributed by atoms with van der Waals surface area (Å²) in [6.07, 6.45) is -8.17. The highest BCUT2D eigenvalue weighted by molar-refractivity contribution is 5.52. The summed E-state index contributed by atoms with van der Waals surface area (Å²) >= 11 is 0. The molecular formula is C22H22F7N5. The molecule has 0 radical (unpaired) electrons. The van der Waals surface area contributed by atoms with Crippen molar-refractivity contribution in [2.45, 2.75) is 37.5 Å². The van der Waals surface area contributed by atoms with E-state index in [1.807, 2.05) is 6.92 Å². The average Bonchev–Trinajstić information content (AvgIpc) is 3.23. The molecule has 1 saturated heterocycles. The van der Waals surface area contributed by atoms with Gasteiger partial charge < -0.3 is 10.6 Å². The molecule has 1 aliphatic rings. The predicted molar refractivity (Wildman–Crippen MR) is 111 cm³/mol. The third kappa shape index (κ3) is 4.82. The Balaban J connectivity index is 1.75. The largest absolute Gasteiger partial charge is 0.435 e. The summed E-state index contributed by atoms with van der Waals surface area (Å²) in [5, 5.41) is 9.59. The van der Waals surface area contributed by atoms with Gasteiger partial charge in [0.05, 0.1) is 0 Å². The lowest BCUT2D eigenvalue weighted by Crippen LogP contribution is -2.44. The number of fused-ring (bicyclic) bond motifs is 1. The van der Waals surface area contributed by atoms with E-state index < -0.39 is 40.6 Å². The minimum atomic E-state index is -4.86. The van der Waals surface area contributed by atoms with Crippen LogP contribution in [0.25, 0.3) is 5.65 Å². The van der Waals surface area contributed by atoms with E-state index in [0.717, 1.165) is 36.0 Å². The number of nitrogens with one attached hydrogen (secondary N) is 2. The number of hydrogen-bond donors (Lipinski definition) is 2. The molecule has 34 heavy (non-hydrogen) atoms. The molecule has 0 bridgehead atoms. The van der Waals surface area contributed by atoms with E-state index in [0.29, 0.717) is 12.1 Å². The summed E-state index contributed by atoms with van der Waals surface area (Å²) in [6, 6.07) is 6.99. The predicted octanol–water partition coefficient (Wildman–Crippen LogP) is 5.28. The topological polar surface area (TPSA) is 54.2 Å². The zero-order valence-electron chi connectivity index (χ0n) is 18.1. The van der Waals surface area contributed by atoms with E-state index >= 15 is 0 Å². The second kappa shape index (κ2) is 8.71. The first kappa shape index (κ1) is 24.2. The number of halogens is 7. The van der Waals surface area contributed by atoms with Crippen LogP contribution >= 0.6 is 0 Å². The van der Waals surface area contributed by atoms with Crippen molar-refractivity contribution in [2.75, 3.05) is 25.0 Å². The minimum Gasteiger partial charge on any atom is -0.369 e. The van der Waals surface area contributed by atoms with Gasteiger partial charge in [-0.25, -0.2) is 9.37 Å². The van der Waals surface area contributed by atoms with Crippen LogP contribution in [0.2, 0.25) is 0 Å². The summed E-state index contributed by atoms with van der Waals surface area (Å²) in [7, 11) is 0. The quantitative estimate of drug-likeness (QED) is 0.480. The molecule has 2 N–H and O–H groups in total. The zero-order chi connectivity index (χ0) is 24.7. The van der Waals surface area contributed by atoms with Crippen LogP contribution < -0.4 is 10.6 Å². The van der Waals surface area contributed by atoms with Crippen LogP contribution in [0.4, 0.5) is 36.6 Å². The van der Waals surface area contributed by atoms with Crippen molar-refractivity contribution in [1.82, 2.24) is 19.9 Å². The fourth-order valence-electron chi connectivity index (χ4n) is 4.43. The second-order valence-corrected chi connectivity index (χ2v) is 8.62. The van der Waals surface area contributed by atoms with E-state index in [1.165, 1.54) is 12.1 Å². The van der Waals surface area contributed by atoms with Gasteiger partial charge in [0.1, 0.15) is 11.6 Å². The lowest BCUT2D eigenvalue weighted by atomic mass is 9.68. The molecule has 1 unspecified atom stereocenters. The highest BCUT2D eigenvalue weighted by Crippen LogP contribution is 2.39. The number of anilines is 1. The maximum Gasteiger partial charge on any atom is 0.435 e. The SMILES string of the molecule is CC(CNc1cc(C(F)(F)F)nc2cc(C(F)(F)F)nn12)(c1ccc(F)cc1)C1CCNCC1. The fraction of sp³-hybridized carbons (Fsp3) is 0.455. The summed E-state index contributed by atoms with van der Waals surface area (Å²) in [5.41, 5.74) is -3.13. The Morgan fingerprint density at radius 3 is 2.18 bits per heavy atom. The van der Waals surface area contributed by atoms with Crippen LogP contribution in [-0.4, -0.2) is 34.2 Å². The first-order valence-corrected chi connectivity index (χ1v) is 10.6. The highest BCUT2D eigenvalue weighted by atomic mass is 19.4. The monoisotopic (exact) mass is 489 g/mol. The molecule has 1 aromatic carbocycles. The molecule has 1 atom stereocenters. The van der Waals surface area contributed by atoms with E-state index in [1.54, 1.807) is 12.1 Å². The third-order valence-corrected chi connectivity index (χ3v) is 6.39. The first-order valence-electron chi connectivity index (χ1n) is 10.6. The lowest BCUT2D eigenvalue weighted by molar-refractivity contribution is -0.142. The summed E-state index contributed by atoms with van der Waals surface area (Å²) in [5.74, 6) is -0.601. The second-order valence-electron chi connectivity index (χ2n) is 8.62. The molecule has 0 aliphatic carbocycles. The van der Waals surface area contributed by atoms with Crippen LogP contribution in [0.5, 0.6) is 0 Å². The maximum atomic E-state index is 13.6. The molecule has 4 rings (SSSR count). The summed E-state index contributed by atoms with van der Waals surface area (Å²) in [6.45, 7) is 3.48. The fourth-order valence-corrected chi connectivity index (χ4v) is 4.43. The first-order chi connectivity index (χ1) is 15.9. The maximum absolute atomic E-state index is 13.6. The normalized spacial score (nSPS) is 17.6. The molecule has 0 saturated carbocycles. The van der Waals surface area contributed by atoms with Crippen molar-refractivity contribution in [3.8, 4) is 0 Å². The lowest BCUT2D eigenvalue weighted by Gasteiger charge is -2.41. The van der Waals surface area contributed by atoms with Crippen molar-refractivity contribution in [3.05, 3.63) is 59.2 Å². The van der Waals surface area contributed by atoms with E-state index in [9.17, 15) is 30.7 Å². The molecule has 3 aromatic rings. The van der Waals surface area contributed by atoms with Crippen molar-refractivity contribution in [3.63, 3.8) is 0 Å². The van der Waals surface area contributed by atoms with Gasteiger partial charge in [-0.2, -0.15) is 36.0 Å². The third-order valence-electron chi connectivity index (χ3n) is 6.39. The Morgan fingerprint density at radius 1 is 0.971 bits per heavy atom. The van der Waals surface area contributed by atoms with Crippen molar-refractivity contribution in [2.24, 2.45) is 5.92 Å². The van der Waals surface area contributed by atoms with Crippen LogP contribution in [0, 0.1) is 11.7 Å². The number of aromatic nitrogens is 3. The summed E-state index contributed by atoms with van der Waals surface area (Å²) < 4.78 is 94.1. The van der Waals surface area contributed by atoms with Crippen molar-refractivity contribution in [1.29, 1.82) is 0 Å². The van der Waals surface area contributed by atoms with Crippen molar-refractivity contribution < 1.29 is 30.7 Å². The van der Waals surface area contributed by atoms with Gasteiger partial charge in [0, 0.05) is 24.1 Å². The number of hydrogen-bond acceptors (Lipinski definition) is 4. The molecule has 1 fully saturated rings. The molecule has 3 heterocycles. The molecule has 12 heteroatoms. The summed E-state index contributed by atoms with van der Waals surface area (Å²) in [4.78, 5) is 3.33. The average molecular weight is 489 g/mol. The number of nitrogens with zero attached hydrogens (tertiary/aromatic N) is 3. The smallest absolute Gasteiger partial charge is 0.369 e. The van der Waals surface area contributed by atoms with Crippen LogP contribution in [0.3, 0.4) is 0 Å². The van der Waals surface area contributed by atoms with Gasteiger partial charge in [0.25, 0.3) is 0 Å². The van der Waals surface area contributed by atoms with Gasteiger partial charge in [-0.15, -0.1) is 0 Å². The van der Waals surface area contributed by atoms with Gasteiger partial charge in [0.2, 0.25) is 0 Å². The molecule has 2 aromatic heterocycles. The molecule has 0 amide bonds. The highest BCUT2D eigenvalue weighted by Gasteiger charge is 2.39. The Hall–Kier alpha value is -2.89. The van der Waals surface area contributed by atoms with Gasteiger partial charge >= 0.3 is 12.4 Å². The Kier molecular flexibility index (Phi) is 6.21. The number of piperidine rings is 1. The Bertz CT molecular complexity index is 1150. The number of alkyl halides is 6. The minimum absolute atomic E-state index is 0.0842. The van der Waals surface area contributed by atoms with E-state index in [-0.39, 0.29) is 18.3 Å². The number of benzene rings is 1. The Morgan fingerprint density at radius 2 is 1.59 bits per heavy atom. The molecule has 0 spiro atoms. The van der Waals surface area contributed by atoms with Crippen LogP contribution in [-0.2, 0) is 17.8 Å². The standard InChI is InChI=1S/C22H22F7N5/c1-20(14-6-8-30-9-7-14,13-2-4-15(23)5-3-13)12-31-18-10-16(21(24,25)26)32-19-11-17(22(27,28)29)33-34(18)19/h2-5,10-11,14,30-31H,6-9,12H2,1H3. The van der Waals surface area contributed by atoms with Gasteiger partial charge in [-0.3, -0.25) is 0 Å². The van der Waals surface area contributed by atoms with Gasteiger partial charge in [-0.1, -0.05) is 19.1 Å². The van der Waals surface area contributed by atoms with Crippen LogP contribution in [0.1, 0.15) is 36.7 Å². The Labute approximate surface area is 190 Å². The van der Waals surface area contributed by atoms with E-state index in [4.69, 9.17) is 0 Å². The van der Waals surface area contributed by atoms with Crippen molar-refractivity contribution >= 4 is 11.5 Å². The molecule has 5 nitrogen and oxygen atoms in total. The molecule has 184 valence electrons. The number of rotatable bonds is 5.